The largest absolute Gasteiger partial charge is 0.352 e. The lowest BCUT2D eigenvalue weighted by Crippen LogP contribution is -2.35. The SMILES string of the molecule is C[C@H](N=C1NS(=O)(=O)c2ccccc21)C(=O)NC1CC1. The number of amidine groups is 1. The van der Waals surface area contributed by atoms with Gasteiger partial charge in [0.2, 0.25) is 5.91 Å². The molecule has 1 fully saturated rings. The van der Waals surface area contributed by atoms with Crippen molar-refractivity contribution in [3.63, 3.8) is 0 Å². The van der Waals surface area contributed by atoms with Crippen LogP contribution in [0.1, 0.15) is 25.3 Å². The second-order valence-corrected chi connectivity index (χ2v) is 6.69. The maximum absolute atomic E-state index is 11.9. The molecule has 0 bridgehead atoms. The fraction of sp³-hybridized carbons (Fsp3) is 0.385. The first-order chi connectivity index (χ1) is 9.47. The lowest BCUT2D eigenvalue weighted by Gasteiger charge is -2.08. The Kier molecular flexibility index (Phi) is 3.01. The standard InChI is InChI=1S/C13H15N3O3S/c1-8(13(17)15-9-6-7-9)14-12-10-4-2-3-5-11(10)20(18,19)16-12/h2-5,8-9H,6-7H2,1H3,(H,14,16)(H,15,17)/t8-/m0/s1. The summed E-state index contributed by atoms with van der Waals surface area (Å²) in [6.07, 6.45) is 2.01. The van der Waals surface area contributed by atoms with Crippen molar-refractivity contribution >= 4 is 21.8 Å². The summed E-state index contributed by atoms with van der Waals surface area (Å²) in [4.78, 5) is 16.3. The summed E-state index contributed by atoms with van der Waals surface area (Å²) < 4.78 is 26.2. The number of carbonyl (C=O) groups excluding carboxylic acids is 1. The lowest BCUT2D eigenvalue weighted by molar-refractivity contribution is -0.122. The number of hydrogen-bond donors (Lipinski definition) is 2. The van der Waals surface area contributed by atoms with Gasteiger partial charge in [0.25, 0.3) is 10.0 Å². The summed E-state index contributed by atoms with van der Waals surface area (Å²) >= 11 is 0. The molecule has 0 saturated heterocycles. The summed E-state index contributed by atoms with van der Waals surface area (Å²) in [6.45, 7) is 1.65. The molecule has 106 valence electrons. The van der Waals surface area contributed by atoms with Crippen LogP contribution < -0.4 is 10.0 Å². The van der Waals surface area contributed by atoms with Gasteiger partial charge in [0.15, 0.2) is 0 Å². The van der Waals surface area contributed by atoms with Crippen molar-refractivity contribution in [2.75, 3.05) is 0 Å². The van der Waals surface area contributed by atoms with Crippen LogP contribution in [0.5, 0.6) is 0 Å². The van der Waals surface area contributed by atoms with E-state index in [4.69, 9.17) is 0 Å². The first kappa shape index (κ1) is 13.1. The van der Waals surface area contributed by atoms with E-state index in [1.165, 1.54) is 6.07 Å². The Balaban J connectivity index is 1.87. The zero-order valence-corrected chi connectivity index (χ0v) is 11.8. The van der Waals surface area contributed by atoms with Gasteiger partial charge >= 0.3 is 0 Å². The number of sulfonamides is 1. The monoisotopic (exact) mass is 293 g/mol. The fourth-order valence-corrected chi connectivity index (χ4v) is 3.27. The van der Waals surface area contributed by atoms with Crippen molar-refractivity contribution in [3.8, 4) is 0 Å². The molecule has 0 unspecified atom stereocenters. The third-order valence-electron chi connectivity index (χ3n) is 3.29. The Labute approximate surface area is 117 Å². The number of benzene rings is 1. The minimum atomic E-state index is -3.55. The third-order valence-corrected chi connectivity index (χ3v) is 4.69. The Morgan fingerprint density at radius 2 is 2.10 bits per heavy atom. The lowest BCUT2D eigenvalue weighted by atomic mass is 10.2. The molecule has 2 aliphatic rings. The molecule has 0 spiro atoms. The van der Waals surface area contributed by atoms with Crippen molar-refractivity contribution in [2.45, 2.75) is 36.7 Å². The number of rotatable bonds is 3. The number of carbonyl (C=O) groups is 1. The average molecular weight is 293 g/mol. The van der Waals surface area contributed by atoms with Gasteiger partial charge in [-0.1, -0.05) is 12.1 Å². The van der Waals surface area contributed by atoms with Gasteiger partial charge < -0.3 is 5.32 Å². The van der Waals surface area contributed by atoms with E-state index < -0.39 is 16.1 Å². The second kappa shape index (κ2) is 4.59. The van der Waals surface area contributed by atoms with Crippen LogP contribution in [0.3, 0.4) is 0 Å². The van der Waals surface area contributed by atoms with Crippen LogP contribution in [0, 0.1) is 0 Å². The Bertz CT molecular complexity index is 693. The Morgan fingerprint density at radius 1 is 1.40 bits per heavy atom. The quantitative estimate of drug-likeness (QED) is 0.845. The van der Waals surface area contributed by atoms with Crippen LogP contribution >= 0.6 is 0 Å². The Hall–Kier alpha value is -1.89. The highest BCUT2D eigenvalue weighted by Crippen LogP contribution is 2.23. The van der Waals surface area contributed by atoms with Crippen LogP contribution in [0.4, 0.5) is 0 Å². The summed E-state index contributed by atoms with van der Waals surface area (Å²) in [6, 6.07) is 6.24. The molecule has 1 aromatic rings. The van der Waals surface area contributed by atoms with Gasteiger partial charge in [-0.05, 0) is 31.9 Å². The van der Waals surface area contributed by atoms with E-state index in [9.17, 15) is 13.2 Å². The maximum atomic E-state index is 11.9. The third kappa shape index (κ3) is 2.40. The van der Waals surface area contributed by atoms with Gasteiger partial charge in [-0.25, -0.2) is 8.42 Å². The van der Waals surface area contributed by atoms with Gasteiger partial charge in [0.05, 0.1) is 4.90 Å². The number of aliphatic imine (C=N–C) groups is 1. The molecule has 7 heteroatoms. The summed E-state index contributed by atoms with van der Waals surface area (Å²) in [7, 11) is -3.55. The zero-order valence-electron chi connectivity index (χ0n) is 11.0. The smallest absolute Gasteiger partial charge is 0.263 e. The first-order valence-corrected chi connectivity index (χ1v) is 7.96. The van der Waals surface area contributed by atoms with E-state index in [2.05, 4.69) is 15.0 Å². The molecule has 1 aliphatic carbocycles. The molecule has 1 aliphatic heterocycles. The average Bonchev–Trinajstić information content (AvgIpc) is 3.17. The normalized spacial score (nSPS) is 22.9. The molecule has 6 nitrogen and oxygen atoms in total. The van der Waals surface area contributed by atoms with E-state index in [1.54, 1.807) is 25.1 Å². The van der Waals surface area contributed by atoms with Gasteiger partial charge in [-0.15, -0.1) is 0 Å². The predicted octanol–water partition coefficient (Wildman–Crippen LogP) is 0.392. The molecule has 1 amide bonds. The van der Waals surface area contributed by atoms with Crippen molar-refractivity contribution in [3.05, 3.63) is 29.8 Å². The van der Waals surface area contributed by atoms with Gasteiger partial charge in [0, 0.05) is 11.6 Å². The van der Waals surface area contributed by atoms with E-state index in [0.717, 1.165) is 12.8 Å². The first-order valence-electron chi connectivity index (χ1n) is 6.48. The molecule has 1 heterocycles. The van der Waals surface area contributed by atoms with E-state index >= 15 is 0 Å². The van der Waals surface area contributed by atoms with Gasteiger partial charge in [-0.2, -0.15) is 0 Å². The highest BCUT2D eigenvalue weighted by atomic mass is 32.2. The van der Waals surface area contributed by atoms with Crippen molar-refractivity contribution in [2.24, 2.45) is 4.99 Å². The van der Waals surface area contributed by atoms with Gasteiger partial charge in [-0.3, -0.25) is 14.5 Å². The van der Waals surface area contributed by atoms with Crippen LogP contribution in [-0.4, -0.2) is 32.2 Å². The number of amides is 1. The highest BCUT2D eigenvalue weighted by molar-refractivity contribution is 7.90. The minimum absolute atomic E-state index is 0.177. The van der Waals surface area contributed by atoms with Crippen LogP contribution in [0.25, 0.3) is 0 Å². The highest BCUT2D eigenvalue weighted by Gasteiger charge is 2.31. The molecule has 1 saturated carbocycles. The molecular weight excluding hydrogens is 278 g/mol. The molecule has 0 radical (unpaired) electrons. The minimum Gasteiger partial charge on any atom is -0.352 e. The number of hydrogen-bond acceptors (Lipinski definition) is 4. The van der Waals surface area contributed by atoms with Crippen molar-refractivity contribution < 1.29 is 13.2 Å². The maximum Gasteiger partial charge on any atom is 0.263 e. The molecule has 3 rings (SSSR count). The molecule has 0 aromatic heterocycles. The van der Waals surface area contributed by atoms with E-state index in [-0.39, 0.29) is 22.7 Å². The molecule has 2 N–H and O–H groups in total. The number of nitrogens with one attached hydrogen (secondary N) is 2. The summed E-state index contributed by atoms with van der Waals surface area (Å²) in [5, 5.41) is 2.85. The molecule has 1 atom stereocenters. The van der Waals surface area contributed by atoms with Crippen LogP contribution in [-0.2, 0) is 14.8 Å². The molecule has 20 heavy (non-hydrogen) atoms. The van der Waals surface area contributed by atoms with E-state index in [0.29, 0.717) is 5.56 Å². The van der Waals surface area contributed by atoms with Crippen molar-refractivity contribution in [1.29, 1.82) is 0 Å². The second-order valence-electron chi connectivity index (χ2n) is 5.04. The number of nitrogens with zero attached hydrogens (tertiary/aromatic N) is 1. The number of fused-ring (bicyclic) bond motifs is 1. The predicted molar refractivity (Wildman–Crippen MR) is 73.9 cm³/mol. The zero-order chi connectivity index (χ0) is 14.3. The summed E-state index contributed by atoms with van der Waals surface area (Å²) in [5.41, 5.74) is 0.513. The van der Waals surface area contributed by atoms with Crippen LogP contribution in [0.2, 0.25) is 0 Å². The van der Waals surface area contributed by atoms with E-state index in [1.807, 2.05) is 0 Å². The Morgan fingerprint density at radius 3 is 2.80 bits per heavy atom. The fourth-order valence-electron chi connectivity index (χ4n) is 2.03. The topological polar surface area (TPSA) is 87.6 Å². The molecule has 1 aromatic carbocycles. The summed E-state index contributed by atoms with van der Waals surface area (Å²) in [5.74, 6) is 0.0580. The van der Waals surface area contributed by atoms with Crippen LogP contribution in [0.15, 0.2) is 34.2 Å². The van der Waals surface area contributed by atoms with Crippen molar-refractivity contribution in [1.82, 2.24) is 10.0 Å². The molecular formula is C13H15N3O3S. The van der Waals surface area contributed by atoms with Gasteiger partial charge in [0.1, 0.15) is 11.9 Å².